The fraction of sp³-hybridized carbons (Fsp3) is 0.467. The Labute approximate surface area is 145 Å². The van der Waals surface area contributed by atoms with Crippen LogP contribution >= 0.6 is 28.3 Å². The molecule has 0 aliphatic heterocycles. The molecule has 0 radical (unpaired) electrons. The first-order valence-corrected chi connectivity index (χ1v) is 7.95. The Hall–Kier alpha value is -1.11. The van der Waals surface area contributed by atoms with Crippen LogP contribution in [0, 0.1) is 5.92 Å². The van der Waals surface area contributed by atoms with Crippen molar-refractivity contribution in [3.05, 3.63) is 28.7 Å². The molecule has 1 fully saturated rings. The third-order valence-corrected chi connectivity index (χ3v) is 3.75. The van der Waals surface area contributed by atoms with Crippen LogP contribution in [0.15, 0.2) is 28.7 Å². The second kappa shape index (κ2) is 9.82. The molecule has 0 atom stereocenters. The van der Waals surface area contributed by atoms with Crippen LogP contribution in [0.25, 0.3) is 0 Å². The predicted molar refractivity (Wildman–Crippen MR) is 93.2 cm³/mol. The third kappa shape index (κ3) is 7.77. The number of rotatable bonds is 8. The van der Waals surface area contributed by atoms with Crippen molar-refractivity contribution in [1.82, 2.24) is 10.6 Å². The molecule has 0 heterocycles. The first-order valence-electron chi connectivity index (χ1n) is 7.16. The van der Waals surface area contributed by atoms with Crippen LogP contribution in [0.3, 0.4) is 0 Å². The lowest BCUT2D eigenvalue weighted by Gasteiger charge is -2.07. The fourth-order valence-electron chi connectivity index (χ4n) is 1.85. The van der Waals surface area contributed by atoms with E-state index in [2.05, 4.69) is 31.9 Å². The molecule has 122 valence electrons. The number of anilines is 1. The smallest absolute Gasteiger partial charge is 0.233 e. The van der Waals surface area contributed by atoms with Crippen molar-refractivity contribution in [2.24, 2.45) is 5.92 Å². The third-order valence-electron chi connectivity index (χ3n) is 3.22. The summed E-state index contributed by atoms with van der Waals surface area (Å²) in [5.74, 6) is 0.588. The van der Waals surface area contributed by atoms with Gasteiger partial charge in [-0.15, -0.1) is 12.4 Å². The zero-order valence-electron chi connectivity index (χ0n) is 12.2. The van der Waals surface area contributed by atoms with Gasteiger partial charge in [-0.1, -0.05) is 15.9 Å². The van der Waals surface area contributed by atoms with E-state index in [1.807, 2.05) is 24.3 Å². The highest BCUT2D eigenvalue weighted by atomic mass is 79.9. The van der Waals surface area contributed by atoms with Crippen LogP contribution in [0.5, 0.6) is 0 Å². The van der Waals surface area contributed by atoms with Crippen LogP contribution in [-0.4, -0.2) is 31.4 Å². The molecule has 2 rings (SSSR count). The van der Waals surface area contributed by atoms with Crippen LogP contribution in [0.1, 0.15) is 19.3 Å². The summed E-state index contributed by atoms with van der Waals surface area (Å²) in [4.78, 5) is 23.2. The summed E-state index contributed by atoms with van der Waals surface area (Å²) in [6.45, 7) is 1.59. The Morgan fingerprint density at radius 3 is 2.45 bits per heavy atom. The Bertz CT molecular complexity index is 492. The summed E-state index contributed by atoms with van der Waals surface area (Å²) in [6, 6.07) is 7.37. The second-order valence-electron chi connectivity index (χ2n) is 5.23. The van der Waals surface area contributed by atoms with E-state index in [9.17, 15) is 9.59 Å². The number of hydrogen-bond donors (Lipinski definition) is 3. The van der Waals surface area contributed by atoms with E-state index in [0.29, 0.717) is 13.1 Å². The van der Waals surface area contributed by atoms with Crippen molar-refractivity contribution < 1.29 is 9.59 Å². The average Bonchev–Trinajstić information content (AvgIpc) is 3.25. The Balaban J connectivity index is 0.00000242. The van der Waals surface area contributed by atoms with Gasteiger partial charge in [0.1, 0.15) is 0 Å². The minimum atomic E-state index is -0.108. The first-order chi connectivity index (χ1) is 10.1. The van der Waals surface area contributed by atoms with E-state index >= 15 is 0 Å². The molecule has 1 aliphatic rings. The molecule has 1 aromatic rings. The standard InChI is InChI=1S/C15H20BrN3O2.ClH/c16-12-3-5-13(6-4-12)19-14(20)7-8-18-15(21)10-17-9-11-1-2-11;/h3-6,11,17H,1-2,7-10H2,(H,18,21)(H,19,20);1H. The zero-order valence-corrected chi connectivity index (χ0v) is 14.6. The Morgan fingerprint density at radius 2 is 1.82 bits per heavy atom. The van der Waals surface area contributed by atoms with Gasteiger partial charge in [0.05, 0.1) is 6.54 Å². The number of nitrogens with one attached hydrogen (secondary N) is 3. The fourth-order valence-corrected chi connectivity index (χ4v) is 2.11. The van der Waals surface area contributed by atoms with Gasteiger partial charge in [0.15, 0.2) is 0 Å². The molecular formula is C15H21BrClN3O2. The highest BCUT2D eigenvalue weighted by molar-refractivity contribution is 9.10. The molecule has 0 unspecified atom stereocenters. The van der Waals surface area contributed by atoms with Crippen molar-refractivity contribution >= 4 is 45.8 Å². The maximum atomic E-state index is 11.7. The van der Waals surface area contributed by atoms with Gasteiger partial charge in [-0.3, -0.25) is 9.59 Å². The highest BCUT2D eigenvalue weighted by Crippen LogP contribution is 2.27. The van der Waals surface area contributed by atoms with E-state index in [0.717, 1.165) is 22.6 Å². The normalized spacial score (nSPS) is 13.1. The molecule has 0 saturated heterocycles. The predicted octanol–water partition coefficient (Wildman–Crippen LogP) is 2.32. The quantitative estimate of drug-likeness (QED) is 0.638. The summed E-state index contributed by atoms with van der Waals surface area (Å²) >= 11 is 3.34. The summed E-state index contributed by atoms with van der Waals surface area (Å²) in [5.41, 5.74) is 0.751. The second-order valence-corrected chi connectivity index (χ2v) is 6.14. The average molecular weight is 391 g/mol. The molecule has 1 saturated carbocycles. The zero-order chi connectivity index (χ0) is 15.1. The number of amides is 2. The minimum absolute atomic E-state index is 0. The SMILES string of the molecule is Cl.O=C(CNCC1CC1)NCCC(=O)Nc1ccc(Br)cc1. The van der Waals surface area contributed by atoms with Gasteiger partial charge in [0, 0.05) is 23.1 Å². The lowest BCUT2D eigenvalue weighted by atomic mass is 10.3. The van der Waals surface area contributed by atoms with Gasteiger partial charge in [-0.05, 0) is 49.6 Å². The van der Waals surface area contributed by atoms with Gasteiger partial charge in [0.25, 0.3) is 0 Å². The van der Waals surface area contributed by atoms with Gasteiger partial charge >= 0.3 is 0 Å². The molecule has 22 heavy (non-hydrogen) atoms. The van der Waals surface area contributed by atoms with E-state index in [1.165, 1.54) is 12.8 Å². The van der Waals surface area contributed by atoms with Crippen molar-refractivity contribution in [3.63, 3.8) is 0 Å². The summed E-state index contributed by atoms with van der Waals surface area (Å²) in [7, 11) is 0. The van der Waals surface area contributed by atoms with Crippen molar-refractivity contribution in [3.8, 4) is 0 Å². The molecule has 3 N–H and O–H groups in total. The molecule has 0 spiro atoms. The van der Waals surface area contributed by atoms with Crippen molar-refractivity contribution in [2.75, 3.05) is 25.0 Å². The lowest BCUT2D eigenvalue weighted by molar-refractivity contribution is -0.120. The van der Waals surface area contributed by atoms with E-state index in [4.69, 9.17) is 0 Å². The summed E-state index contributed by atoms with van der Waals surface area (Å²) in [5, 5.41) is 8.63. The minimum Gasteiger partial charge on any atom is -0.354 e. The molecule has 1 aromatic carbocycles. The van der Waals surface area contributed by atoms with Crippen LogP contribution in [0.2, 0.25) is 0 Å². The maximum absolute atomic E-state index is 11.7. The Kier molecular flexibility index (Phi) is 8.45. The number of carbonyl (C=O) groups is 2. The number of carbonyl (C=O) groups excluding carboxylic acids is 2. The lowest BCUT2D eigenvalue weighted by Crippen LogP contribution is -2.36. The highest BCUT2D eigenvalue weighted by Gasteiger charge is 2.20. The summed E-state index contributed by atoms with van der Waals surface area (Å²) < 4.78 is 0.964. The van der Waals surface area contributed by atoms with Crippen molar-refractivity contribution in [2.45, 2.75) is 19.3 Å². The van der Waals surface area contributed by atoms with Crippen LogP contribution in [-0.2, 0) is 9.59 Å². The largest absolute Gasteiger partial charge is 0.354 e. The number of benzene rings is 1. The number of hydrogen-bond acceptors (Lipinski definition) is 3. The molecule has 0 aromatic heterocycles. The Morgan fingerprint density at radius 1 is 1.14 bits per heavy atom. The molecule has 5 nitrogen and oxygen atoms in total. The van der Waals surface area contributed by atoms with Crippen molar-refractivity contribution in [1.29, 1.82) is 0 Å². The topological polar surface area (TPSA) is 70.2 Å². The van der Waals surface area contributed by atoms with Crippen LogP contribution in [0.4, 0.5) is 5.69 Å². The number of halogens is 2. The van der Waals surface area contributed by atoms with E-state index in [-0.39, 0.29) is 30.6 Å². The van der Waals surface area contributed by atoms with E-state index in [1.54, 1.807) is 0 Å². The van der Waals surface area contributed by atoms with Gasteiger partial charge in [0.2, 0.25) is 11.8 Å². The monoisotopic (exact) mass is 389 g/mol. The molecule has 1 aliphatic carbocycles. The summed E-state index contributed by atoms with van der Waals surface area (Å²) in [6.07, 6.45) is 2.81. The molecular weight excluding hydrogens is 370 g/mol. The maximum Gasteiger partial charge on any atom is 0.233 e. The van der Waals surface area contributed by atoms with Gasteiger partial charge in [-0.2, -0.15) is 0 Å². The van der Waals surface area contributed by atoms with Gasteiger partial charge in [-0.25, -0.2) is 0 Å². The van der Waals surface area contributed by atoms with Gasteiger partial charge < -0.3 is 16.0 Å². The first kappa shape index (κ1) is 18.9. The van der Waals surface area contributed by atoms with Crippen LogP contribution < -0.4 is 16.0 Å². The van der Waals surface area contributed by atoms with E-state index < -0.39 is 0 Å². The molecule has 2 amide bonds. The molecule has 0 bridgehead atoms. The molecule has 7 heteroatoms.